The number of rotatable bonds is 1. The van der Waals surface area contributed by atoms with E-state index in [1.165, 1.54) is 0 Å². The van der Waals surface area contributed by atoms with E-state index in [0.29, 0.717) is 11.1 Å². The molecule has 0 fully saturated rings. The number of Topliss-reactive ketones (excluding diaryl/α,β-unsaturated/α-hetero) is 2. The second-order valence-electron chi connectivity index (χ2n) is 5.06. The minimum atomic E-state index is 0.0851. The van der Waals surface area contributed by atoms with Gasteiger partial charge in [0.05, 0.1) is 0 Å². The van der Waals surface area contributed by atoms with E-state index in [9.17, 15) is 9.59 Å². The molecule has 92 valence electrons. The van der Waals surface area contributed by atoms with Gasteiger partial charge in [-0.15, -0.1) is 0 Å². The molecule has 0 radical (unpaired) electrons. The van der Waals surface area contributed by atoms with E-state index in [4.69, 9.17) is 0 Å². The standard InChI is InChI=1S/C16H16O2/c1-2-10-7-8-13-14(9-10)16(18)12-6-4-3-5-11(12)15(13)17/h7-9H,2-6H2,1H3. The summed E-state index contributed by atoms with van der Waals surface area (Å²) in [6.45, 7) is 2.06. The number of allylic oxidation sites excluding steroid dienone is 2. The Morgan fingerprint density at radius 1 is 0.944 bits per heavy atom. The molecule has 0 unspecified atom stereocenters. The van der Waals surface area contributed by atoms with Crippen LogP contribution in [0.5, 0.6) is 0 Å². The molecule has 2 nitrogen and oxygen atoms in total. The van der Waals surface area contributed by atoms with Crippen LogP contribution < -0.4 is 0 Å². The summed E-state index contributed by atoms with van der Waals surface area (Å²) in [4.78, 5) is 24.8. The minimum Gasteiger partial charge on any atom is -0.289 e. The Bertz CT molecular complexity index is 579. The van der Waals surface area contributed by atoms with E-state index in [2.05, 4.69) is 6.92 Å². The van der Waals surface area contributed by atoms with Crippen LogP contribution in [0.15, 0.2) is 29.3 Å². The Kier molecular flexibility index (Phi) is 2.66. The van der Waals surface area contributed by atoms with Gasteiger partial charge in [0.25, 0.3) is 0 Å². The Hall–Kier alpha value is -1.70. The number of fused-ring (bicyclic) bond motifs is 1. The van der Waals surface area contributed by atoms with Crippen LogP contribution in [0.1, 0.15) is 58.9 Å². The van der Waals surface area contributed by atoms with Crippen LogP contribution in [0.2, 0.25) is 0 Å². The van der Waals surface area contributed by atoms with Crippen LogP contribution in [0.3, 0.4) is 0 Å². The number of hydrogen-bond acceptors (Lipinski definition) is 2. The predicted molar refractivity (Wildman–Crippen MR) is 70.0 cm³/mol. The molecule has 1 aromatic carbocycles. The molecular formula is C16H16O2. The molecule has 0 aromatic heterocycles. The number of carbonyl (C=O) groups is 2. The first-order valence-electron chi connectivity index (χ1n) is 6.66. The van der Waals surface area contributed by atoms with E-state index < -0.39 is 0 Å². The molecule has 2 aliphatic rings. The summed E-state index contributed by atoms with van der Waals surface area (Å²) in [5.74, 6) is 0.177. The van der Waals surface area contributed by atoms with Gasteiger partial charge < -0.3 is 0 Å². The quantitative estimate of drug-likeness (QED) is 0.753. The number of aryl methyl sites for hydroxylation is 1. The maximum atomic E-state index is 12.5. The van der Waals surface area contributed by atoms with Crippen LogP contribution in [-0.2, 0) is 6.42 Å². The molecule has 2 aliphatic carbocycles. The lowest BCUT2D eigenvalue weighted by molar-refractivity contribution is 0.0964. The summed E-state index contributed by atoms with van der Waals surface area (Å²) in [7, 11) is 0. The molecular weight excluding hydrogens is 224 g/mol. The van der Waals surface area contributed by atoms with Gasteiger partial charge in [-0.3, -0.25) is 9.59 Å². The summed E-state index contributed by atoms with van der Waals surface area (Å²) < 4.78 is 0. The SMILES string of the molecule is CCc1ccc2c(c1)C(=O)C1=C(CCCC1)C2=O. The predicted octanol–water partition coefficient (Wildman–Crippen LogP) is 3.50. The van der Waals surface area contributed by atoms with Gasteiger partial charge in [-0.05, 0) is 43.7 Å². The van der Waals surface area contributed by atoms with Gasteiger partial charge in [0.15, 0.2) is 11.6 Å². The third kappa shape index (κ3) is 1.56. The Labute approximate surface area is 107 Å². The van der Waals surface area contributed by atoms with E-state index in [1.54, 1.807) is 0 Å². The van der Waals surface area contributed by atoms with Gasteiger partial charge in [-0.25, -0.2) is 0 Å². The first-order valence-corrected chi connectivity index (χ1v) is 6.66. The van der Waals surface area contributed by atoms with Gasteiger partial charge in [-0.2, -0.15) is 0 Å². The number of ketones is 2. The zero-order valence-electron chi connectivity index (χ0n) is 10.6. The summed E-state index contributed by atoms with van der Waals surface area (Å²) in [5.41, 5.74) is 3.92. The van der Waals surface area contributed by atoms with Crippen molar-refractivity contribution in [2.75, 3.05) is 0 Å². The first kappa shape index (κ1) is 11.4. The molecule has 0 bridgehead atoms. The van der Waals surface area contributed by atoms with Crippen molar-refractivity contribution in [3.8, 4) is 0 Å². The highest BCUT2D eigenvalue weighted by Crippen LogP contribution is 2.35. The lowest BCUT2D eigenvalue weighted by Crippen LogP contribution is -2.24. The van der Waals surface area contributed by atoms with Gasteiger partial charge in [-0.1, -0.05) is 19.1 Å². The summed E-state index contributed by atoms with van der Waals surface area (Å²) >= 11 is 0. The van der Waals surface area contributed by atoms with Crippen molar-refractivity contribution >= 4 is 11.6 Å². The third-order valence-electron chi connectivity index (χ3n) is 4.00. The average Bonchev–Trinajstić information content (AvgIpc) is 2.44. The van der Waals surface area contributed by atoms with Crippen molar-refractivity contribution in [2.45, 2.75) is 39.0 Å². The van der Waals surface area contributed by atoms with Crippen LogP contribution in [0.4, 0.5) is 0 Å². The molecule has 18 heavy (non-hydrogen) atoms. The van der Waals surface area contributed by atoms with Crippen molar-refractivity contribution in [1.29, 1.82) is 0 Å². The number of benzene rings is 1. The monoisotopic (exact) mass is 240 g/mol. The molecule has 3 rings (SSSR count). The Morgan fingerprint density at radius 2 is 1.56 bits per heavy atom. The molecule has 0 atom stereocenters. The lowest BCUT2D eigenvalue weighted by Gasteiger charge is -2.24. The van der Waals surface area contributed by atoms with Crippen LogP contribution in [0, 0.1) is 0 Å². The van der Waals surface area contributed by atoms with Crippen LogP contribution in [-0.4, -0.2) is 11.6 Å². The van der Waals surface area contributed by atoms with E-state index >= 15 is 0 Å². The van der Waals surface area contributed by atoms with Crippen molar-refractivity contribution in [3.05, 3.63) is 46.0 Å². The number of carbonyl (C=O) groups excluding carboxylic acids is 2. The third-order valence-corrected chi connectivity index (χ3v) is 4.00. The maximum Gasteiger partial charge on any atom is 0.190 e. The topological polar surface area (TPSA) is 34.1 Å². The highest BCUT2D eigenvalue weighted by Gasteiger charge is 2.32. The molecule has 1 aromatic rings. The zero-order valence-corrected chi connectivity index (χ0v) is 10.6. The maximum absolute atomic E-state index is 12.5. The molecule has 0 aliphatic heterocycles. The molecule has 0 saturated heterocycles. The normalized spacial score (nSPS) is 18.7. The molecule has 0 amide bonds. The lowest BCUT2D eigenvalue weighted by atomic mass is 9.77. The van der Waals surface area contributed by atoms with Crippen molar-refractivity contribution in [1.82, 2.24) is 0 Å². The van der Waals surface area contributed by atoms with Crippen molar-refractivity contribution < 1.29 is 9.59 Å². The highest BCUT2D eigenvalue weighted by atomic mass is 16.1. The van der Waals surface area contributed by atoms with E-state index in [1.807, 2.05) is 18.2 Å². The molecule has 0 spiro atoms. The Morgan fingerprint density at radius 3 is 2.17 bits per heavy atom. The molecule has 2 heteroatoms. The first-order chi connectivity index (χ1) is 8.72. The largest absolute Gasteiger partial charge is 0.289 e. The van der Waals surface area contributed by atoms with Crippen molar-refractivity contribution in [2.24, 2.45) is 0 Å². The van der Waals surface area contributed by atoms with Gasteiger partial charge in [0.2, 0.25) is 0 Å². The fourth-order valence-electron chi connectivity index (χ4n) is 2.93. The van der Waals surface area contributed by atoms with Gasteiger partial charge in [0, 0.05) is 22.3 Å². The Balaban J connectivity index is 2.17. The zero-order chi connectivity index (χ0) is 12.7. The second-order valence-corrected chi connectivity index (χ2v) is 5.06. The average molecular weight is 240 g/mol. The minimum absolute atomic E-state index is 0.0851. The highest BCUT2D eigenvalue weighted by molar-refractivity contribution is 6.27. The summed E-state index contributed by atoms with van der Waals surface area (Å²) in [6.07, 6.45) is 4.49. The van der Waals surface area contributed by atoms with Crippen molar-refractivity contribution in [3.63, 3.8) is 0 Å². The molecule has 0 heterocycles. The second kappa shape index (κ2) is 4.20. The molecule has 0 saturated carbocycles. The summed E-state index contributed by atoms with van der Waals surface area (Å²) in [5, 5.41) is 0. The summed E-state index contributed by atoms with van der Waals surface area (Å²) in [6, 6.07) is 5.68. The van der Waals surface area contributed by atoms with Gasteiger partial charge in [0.1, 0.15) is 0 Å². The van der Waals surface area contributed by atoms with E-state index in [0.717, 1.165) is 48.8 Å². The van der Waals surface area contributed by atoms with Gasteiger partial charge >= 0.3 is 0 Å². The van der Waals surface area contributed by atoms with Crippen LogP contribution >= 0.6 is 0 Å². The fourth-order valence-corrected chi connectivity index (χ4v) is 2.93. The van der Waals surface area contributed by atoms with Crippen LogP contribution in [0.25, 0.3) is 0 Å². The molecule has 0 N–H and O–H groups in total. The number of hydrogen-bond donors (Lipinski definition) is 0. The fraction of sp³-hybridized carbons (Fsp3) is 0.375. The van der Waals surface area contributed by atoms with E-state index in [-0.39, 0.29) is 11.6 Å². The smallest absolute Gasteiger partial charge is 0.190 e.